The molecule has 2 aromatic rings. The average molecular weight is 214 g/mol. The van der Waals surface area contributed by atoms with Gasteiger partial charge < -0.3 is 5.73 Å². The van der Waals surface area contributed by atoms with Crippen LogP contribution in [-0.2, 0) is 6.42 Å². The first kappa shape index (κ1) is 11.1. The molecule has 84 valence electrons. The molecule has 2 nitrogen and oxygen atoms in total. The first-order chi connectivity index (χ1) is 7.79. The quantitative estimate of drug-likeness (QED) is 0.795. The van der Waals surface area contributed by atoms with Gasteiger partial charge in [-0.3, -0.25) is 4.98 Å². The third-order valence-electron chi connectivity index (χ3n) is 2.82. The normalized spacial score (nSPS) is 10.9. The number of pyridine rings is 1. The van der Waals surface area contributed by atoms with Crippen LogP contribution in [0.15, 0.2) is 30.3 Å². The highest BCUT2D eigenvalue weighted by Crippen LogP contribution is 2.16. The Morgan fingerprint density at radius 2 is 1.94 bits per heavy atom. The van der Waals surface area contributed by atoms with Gasteiger partial charge in [-0.05, 0) is 50.4 Å². The maximum absolute atomic E-state index is 5.49. The highest BCUT2D eigenvalue weighted by atomic mass is 14.7. The molecule has 0 saturated heterocycles. The van der Waals surface area contributed by atoms with Crippen LogP contribution in [-0.4, -0.2) is 11.5 Å². The second-order valence-electron chi connectivity index (χ2n) is 4.23. The van der Waals surface area contributed by atoms with Crippen LogP contribution in [0.5, 0.6) is 0 Å². The van der Waals surface area contributed by atoms with Crippen molar-refractivity contribution in [1.29, 1.82) is 0 Å². The first-order valence-electron chi connectivity index (χ1n) is 5.86. The minimum Gasteiger partial charge on any atom is -0.330 e. The Balaban J connectivity index is 2.21. The smallest absolute Gasteiger partial charge is 0.0707 e. The van der Waals surface area contributed by atoms with Crippen molar-refractivity contribution in [2.45, 2.75) is 26.2 Å². The number of aromatic nitrogens is 1. The number of unbranched alkanes of at least 4 members (excludes halogenated alkanes) is 1. The summed E-state index contributed by atoms with van der Waals surface area (Å²) in [5.41, 5.74) is 9.03. The van der Waals surface area contributed by atoms with Gasteiger partial charge in [0.15, 0.2) is 0 Å². The maximum atomic E-state index is 5.49. The fourth-order valence-corrected chi connectivity index (χ4v) is 1.89. The van der Waals surface area contributed by atoms with Crippen molar-refractivity contribution < 1.29 is 0 Å². The molecule has 0 aliphatic rings. The molecular weight excluding hydrogens is 196 g/mol. The van der Waals surface area contributed by atoms with Crippen LogP contribution in [0.4, 0.5) is 0 Å². The molecule has 1 aromatic heterocycles. The number of benzene rings is 1. The Morgan fingerprint density at radius 3 is 2.75 bits per heavy atom. The SMILES string of the molecule is Cc1ccc2ccc(CCCCN)cc2n1. The van der Waals surface area contributed by atoms with E-state index in [0.717, 1.165) is 37.0 Å². The van der Waals surface area contributed by atoms with Crippen molar-refractivity contribution in [3.05, 3.63) is 41.6 Å². The number of nitrogens with zero attached hydrogens (tertiary/aromatic N) is 1. The molecule has 2 heteroatoms. The van der Waals surface area contributed by atoms with E-state index in [4.69, 9.17) is 5.73 Å². The second kappa shape index (κ2) is 5.08. The fraction of sp³-hybridized carbons (Fsp3) is 0.357. The maximum Gasteiger partial charge on any atom is 0.0707 e. The van der Waals surface area contributed by atoms with Gasteiger partial charge in [0.25, 0.3) is 0 Å². The minimum atomic E-state index is 0.783. The molecule has 0 unspecified atom stereocenters. The van der Waals surface area contributed by atoms with E-state index >= 15 is 0 Å². The largest absolute Gasteiger partial charge is 0.330 e. The molecule has 0 atom stereocenters. The van der Waals surface area contributed by atoms with Gasteiger partial charge in [0.1, 0.15) is 0 Å². The molecule has 1 aromatic carbocycles. The molecule has 0 fully saturated rings. The van der Waals surface area contributed by atoms with E-state index in [-0.39, 0.29) is 0 Å². The third-order valence-corrected chi connectivity index (χ3v) is 2.82. The van der Waals surface area contributed by atoms with Crippen LogP contribution in [0.25, 0.3) is 10.9 Å². The summed E-state index contributed by atoms with van der Waals surface area (Å²) in [4.78, 5) is 4.54. The van der Waals surface area contributed by atoms with Crippen molar-refractivity contribution in [1.82, 2.24) is 4.98 Å². The lowest BCUT2D eigenvalue weighted by molar-refractivity contribution is 0.745. The van der Waals surface area contributed by atoms with E-state index in [1.807, 2.05) is 6.92 Å². The number of hydrogen-bond acceptors (Lipinski definition) is 2. The topological polar surface area (TPSA) is 38.9 Å². The molecule has 2 N–H and O–H groups in total. The van der Waals surface area contributed by atoms with Crippen molar-refractivity contribution >= 4 is 10.9 Å². The number of rotatable bonds is 4. The van der Waals surface area contributed by atoms with Gasteiger partial charge in [0.2, 0.25) is 0 Å². The summed E-state index contributed by atoms with van der Waals surface area (Å²) in [6.45, 7) is 2.81. The predicted molar refractivity (Wildman–Crippen MR) is 68.5 cm³/mol. The predicted octanol–water partition coefficient (Wildman–Crippen LogP) is 2.82. The lowest BCUT2D eigenvalue weighted by atomic mass is 10.1. The first-order valence-corrected chi connectivity index (χ1v) is 5.86. The highest BCUT2D eigenvalue weighted by Gasteiger charge is 1.98. The molecule has 0 amide bonds. The van der Waals surface area contributed by atoms with Crippen LogP contribution in [0.1, 0.15) is 24.1 Å². The molecule has 0 saturated carbocycles. The highest BCUT2D eigenvalue weighted by molar-refractivity contribution is 5.79. The van der Waals surface area contributed by atoms with Crippen molar-refractivity contribution in [2.24, 2.45) is 5.73 Å². The Kier molecular flexibility index (Phi) is 3.52. The zero-order valence-corrected chi connectivity index (χ0v) is 9.74. The monoisotopic (exact) mass is 214 g/mol. The minimum absolute atomic E-state index is 0.783. The summed E-state index contributed by atoms with van der Waals surface area (Å²) >= 11 is 0. The fourth-order valence-electron chi connectivity index (χ4n) is 1.89. The van der Waals surface area contributed by atoms with Gasteiger partial charge in [-0.1, -0.05) is 18.2 Å². The van der Waals surface area contributed by atoms with Gasteiger partial charge in [0.05, 0.1) is 5.52 Å². The molecule has 0 spiro atoms. The van der Waals surface area contributed by atoms with Crippen LogP contribution in [0.2, 0.25) is 0 Å². The van der Waals surface area contributed by atoms with E-state index in [9.17, 15) is 0 Å². The average Bonchev–Trinajstić information content (AvgIpc) is 2.29. The van der Waals surface area contributed by atoms with Gasteiger partial charge in [-0.15, -0.1) is 0 Å². The third kappa shape index (κ3) is 2.58. The summed E-state index contributed by atoms with van der Waals surface area (Å²) in [6.07, 6.45) is 3.36. The summed E-state index contributed by atoms with van der Waals surface area (Å²) in [7, 11) is 0. The Morgan fingerprint density at radius 1 is 1.12 bits per heavy atom. The number of fused-ring (bicyclic) bond motifs is 1. The van der Waals surface area contributed by atoms with Gasteiger partial charge in [-0.25, -0.2) is 0 Å². The molecule has 1 heterocycles. The lowest BCUT2D eigenvalue weighted by Crippen LogP contribution is -1.99. The number of nitrogens with two attached hydrogens (primary N) is 1. The summed E-state index contributed by atoms with van der Waals surface area (Å²) < 4.78 is 0. The molecule has 16 heavy (non-hydrogen) atoms. The van der Waals surface area contributed by atoms with E-state index < -0.39 is 0 Å². The van der Waals surface area contributed by atoms with Gasteiger partial charge in [0, 0.05) is 11.1 Å². The molecule has 2 rings (SSSR count). The van der Waals surface area contributed by atoms with E-state index in [1.54, 1.807) is 0 Å². The van der Waals surface area contributed by atoms with Crippen LogP contribution < -0.4 is 5.73 Å². The van der Waals surface area contributed by atoms with Crippen LogP contribution >= 0.6 is 0 Å². The molecule has 0 bridgehead atoms. The lowest BCUT2D eigenvalue weighted by Gasteiger charge is -2.03. The Bertz CT molecular complexity index is 477. The zero-order chi connectivity index (χ0) is 11.4. The molecule has 0 aliphatic carbocycles. The second-order valence-corrected chi connectivity index (χ2v) is 4.23. The summed E-state index contributed by atoms with van der Waals surface area (Å²) in [6, 6.07) is 10.7. The standard InChI is InChI=1S/C14H18N2/c1-11-5-7-13-8-6-12(4-2-3-9-15)10-14(13)16-11/h5-8,10H,2-4,9,15H2,1H3. The van der Waals surface area contributed by atoms with E-state index in [1.165, 1.54) is 10.9 Å². The van der Waals surface area contributed by atoms with Crippen molar-refractivity contribution in [3.63, 3.8) is 0 Å². The van der Waals surface area contributed by atoms with E-state index in [2.05, 4.69) is 35.3 Å². The molecule has 0 radical (unpaired) electrons. The number of hydrogen-bond donors (Lipinski definition) is 1. The summed E-state index contributed by atoms with van der Waals surface area (Å²) in [5.74, 6) is 0. The van der Waals surface area contributed by atoms with Crippen LogP contribution in [0, 0.1) is 6.92 Å². The Hall–Kier alpha value is -1.41. The van der Waals surface area contributed by atoms with E-state index in [0.29, 0.717) is 0 Å². The van der Waals surface area contributed by atoms with Crippen molar-refractivity contribution in [2.75, 3.05) is 6.54 Å². The van der Waals surface area contributed by atoms with Gasteiger partial charge >= 0.3 is 0 Å². The molecular formula is C14H18N2. The summed E-state index contributed by atoms with van der Waals surface area (Å²) in [5, 5.41) is 1.22. The van der Waals surface area contributed by atoms with Crippen LogP contribution in [0.3, 0.4) is 0 Å². The number of aryl methyl sites for hydroxylation is 2. The Labute approximate surface area is 96.5 Å². The van der Waals surface area contributed by atoms with Crippen molar-refractivity contribution in [3.8, 4) is 0 Å². The zero-order valence-electron chi connectivity index (χ0n) is 9.74. The molecule has 0 aliphatic heterocycles. The van der Waals surface area contributed by atoms with Gasteiger partial charge in [-0.2, -0.15) is 0 Å².